The Morgan fingerprint density at radius 1 is 1.38 bits per heavy atom. The molecule has 0 saturated carbocycles. The van der Waals surface area contributed by atoms with Crippen molar-refractivity contribution in [2.45, 2.75) is 0 Å². The summed E-state index contributed by atoms with van der Waals surface area (Å²) in [5.41, 5.74) is 0.787. The van der Waals surface area contributed by atoms with Crippen LogP contribution in [0.5, 0.6) is 5.75 Å². The van der Waals surface area contributed by atoms with E-state index in [0.717, 1.165) is 10.9 Å². The highest BCUT2D eigenvalue weighted by molar-refractivity contribution is 6.25. The molecule has 4 nitrogen and oxygen atoms in total. The van der Waals surface area contributed by atoms with Gasteiger partial charge in [0.1, 0.15) is 0 Å². The molecule has 16 heavy (non-hydrogen) atoms. The molecule has 1 aromatic carbocycles. The van der Waals surface area contributed by atoms with Crippen molar-refractivity contribution in [3.05, 3.63) is 36.5 Å². The average Bonchev–Trinajstić information content (AvgIpc) is 2.30. The van der Waals surface area contributed by atoms with Crippen molar-refractivity contribution in [2.75, 3.05) is 5.88 Å². The maximum absolute atomic E-state index is 9.34. The van der Waals surface area contributed by atoms with E-state index in [0.29, 0.717) is 5.75 Å². The van der Waals surface area contributed by atoms with E-state index < -0.39 is 11.8 Å². The number of hydrogen-bond donors (Lipinski definition) is 1. The number of aromatic hydroxyl groups is 1. The number of aromatic nitrogens is 1. The third-order valence-electron chi connectivity index (χ3n) is 1.78. The predicted octanol–water partition coefficient (Wildman–Crippen LogP) is 0.335. The maximum Gasteiger partial charge on any atom is 0.252 e. The summed E-state index contributed by atoms with van der Waals surface area (Å²) in [5, 5.41) is 19.5. The van der Waals surface area contributed by atoms with Crippen LogP contribution in [-0.2, 0) is 4.79 Å². The quantitative estimate of drug-likeness (QED) is 0.729. The molecular formula is C11H10ClNO3. The van der Waals surface area contributed by atoms with E-state index >= 15 is 0 Å². The van der Waals surface area contributed by atoms with Crippen molar-refractivity contribution >= 4 is 28.5 Å². The van der Waals surface area contributed by atoms with Crippen LogP contribution in [0.1, 0.15) is 0 Å². The zero-order valence-electron chi connectivity index (χ0n) is 8.31. The number of halogens is 1. The fourth-order valence-electron chi connectivity index (χ4n) is 1.14. The number of carboxylic acids is 1. The molecule has 0 unspecified atom stereocenters. The van der Waals surface area contributed by atoms with Gasteiger partial charge < -0.3 is 15.0 Å². The third kappa shape index (κ3) is 3.40. The number of phenols is 1. The monoisotopic (exact) mass is 239 g/mol. The van der Waals surface area contributed by atoms with E-state index in [1.54, 1.807) is 12.3 Å². The van der Waals surface area contributed by atoms with Gasteiger partial charge in [0.2, 0.25) is 0 Å². The van der Waals surface area contributed by atoms with E-state index in [1.807, 2.05) is 24.3 Å². The van der Waals surface area contributed by atoms with Crippen molar-refractivity contribution < 1.29 is 20.0 Å². The van der Waals surface area contributed by atoms with Crippen molar-refractivity contribution in [1.82, 2.24) is 0 Å². The Bertz CT molecular complexity index is 482. The van der Waals surface area contributed by atoms with Gasteiger partial charge in [-0.15, -0.1) is 11.6 Å². The highest BCUT2D eigenvalue weighted by atomic mass is 35.5. The molecule has 0 aliphatic heterocycles. The Morgan fingerprint density at radius 2 is 2.00 bits per heavy atom. The van der Waals surface area contributed by atoms with Crippen LogP contribution in [0.25, 0.3) is 10.9 Å². The number of carboxylic acid groups (broad SMARTS) is 1. The standard InChI is InChI=1S/C9H7NO.C2H3ClO2/c11-8-5-1-3-7-4-2-6-10-9(7)8;3-1-2(4)5/h1-6,11H;1H2,(H,4,5). The Morgan fingerprint density at radius 3 is 2.56 bits per heavy atom. The summed E-state index contributed by atoms with van der Waals surface area (Å²) < 4.78 is 0. The van der Waals surface area contributed by atoms with Crippen LogP contribution in [-0.4, -0.2) is 17.0 Å². The van der Waals surface area contributed by atoms with Crippen LogP contribution in [0.3, 0.4) is 0 Å². The predicted molar refractivity (Wildman–Crippen MR) is 57.9 cm³/mol. The molecule has 0 spiro atoms. The molecule has 0 fully saturated rings. The number of benzene rings is 1. The molecule has 0 amide bonds. The Labute approximate surface area is 97.1 Å². The van der Waals surface area contributed by atoms with Gasteiger partial charge in [0.05, 0.1) is 17.2 Å². The Hall–Kier alpha value is -1.81. The summed E-state index contributed by atoms with van der Waals surface area (Å²) in [7, 11) is 0. The highest BCUT2D eigenvalue weighted by Crippen LogP contribution is 2.18. The third-order valence-corrected chi connectivity index (χ3v) is 2.00. The largest absolute Gasteiger partial charge is 0.549 e. The first-order chi connectivity index (χ1) is 7.65. The molecule has 2 rings (SSSR count). The van der Waals surface area contributed by atoms with Crippen LogP contribution in [0, 0.1) is 0 Å². The number of H-pyrrole nitrogens is 1. The van der Waals surface area contributed by atoms with Gasteiger partial charge in [0.15, 0.2) is 11.9 Å². The van der Waals surface area contributed by atoms with Gasteiger partial charge in [0.25, 0.3) is 5.52 Å². The Kier molecular flexibility index (Phi) is 4.54. The summed E-state index contributed by atoms with van der Waals surface area (Å²) in [5.74, 6) is -1.35. The summed E-state index contributed by atoms with van der Waals surface area (Å²) in [6.07, 6.45) is 1.79. The molecule has 2 N–H and O–H groups in total. The van der Waals surface area contributed by atoms with Gasteiger partial charge in [-0.2, -0.15) is 0 Å². The van der Waals surface area contributed by atoms with Crippen molar-refractivity contribution in [3.8, 4) is 5.75 Å². The number of nitrogens with one attached hydrogen (secondary N) is 1. The molecule has 0 bridgehead atoms. The number of phenolic OH excluding ortho intramolecular Hbond substituents is 1. The maximum atomic E-state index is 9.34. The molecule has 0 atom stereocenters. The zero-order valence-corrected chi connectivity index (χ0v) is 9.07. The van der Waals surface area contributed by atoms with Crippen LogP contribution < -0.4 is 10.1 Å². The van der Waals surface area contributed by atoms with Crippen molar-refractivity contribution in [3.63, 3.8) is 0 Å². The lowest BCUT2D eigenvalue weighted by molar-refractivity contribution is -0.345. The fourth-order valence-corrected chi connectivity index (χ4v) is 1.14. The molecule has 0 saturated heterocycles. The number of carbonyl (C=O) groups excluding carboxylic acids is 1. The van der Waals surface area contributed by atoms with E-state index in [9.17, 15) is 5.11 Å². The SMILES string of the molecule is O=C([O-])CCl.Oc1cccc2ccc[nH+]c12. The fraction of sp³-hybridized carbons (Fsp3) is 0.0909. The van der Waals surface area contributed by atoms with Crippen LogP contribution in [0.15, 0.2) is 36.5 Å². The molecule has 0 aliphatic rings. The second-order valence-electron chi connectivity index (χ2n) is 2.92. The van der Waals surface area contributed by atoms with Gasteiger partial charge in [-0.25, -0.2) is 4.98 Å². The molecule has 0 radical (unpaired) electrons. The van der Waals surface area contributed by atoms with Crippen LogP contribution in [0.2, 0.25) is 0 Å². The first kappa shape index (κ1) is 12.3. The van der Waals surface area contributed by atoms with Gasteiger partial charge in [0, 0.05) is 6.07 Å². The summed E-state index contributed by atoms with van der Waals surface area (Å²) >= 11 is 4.67. The number of rotatable bonds is 1. The lowest BCUT2D eigenvalue weighted by Crippen LogP contribution is -2.23. The second-order valence-corrected chi connectivity index (χ2v) is 3.18. The van der Waals surface area contributed by atoms with Gasteiger partial charge in [-0.1, -0.05) is 6.07 Å². The van der Waals surface area contributed by atoms with Crippen molar-refractivity contribution in [2.24, 2.45) is 0 Å². The Balaban J connectivity index is 0.000000221. The molecule has 0 aliphatic carbocycles. The van der Waals surface area contributed by atoms with Gasteiger partial charge in [-0.05, 0) is 18.2 Å². The number of para-hydroxylation sites is 1. The number of alkyl halides is 1. The van der Waals surface area contributed by atoms with E-state index in [4.69, 9.17) is 9.90 Å². The molecule has 2 aromatic rings. The zero-order chi connectivity index (χ0) is 12.0. The lowest BCUT2D eigenvalue weighted by Gasteiger charge is -1.91. The average molecular weight is 240 g/mol. The number of aliphatic carboxylic acids is 1. The van der Waals surface area contributed by atoms with E-state index in [-0.39, 0.29) is 0 Å². The minimum atomic E-state index is -1.23. The topological polar surface area (TPSA) is 74.5 Å². The molecule has 5 heteroatoms. The minimum Gasteiger partial charge on any atom is -0.549 e. The molecular weight excluding hydrogens is 230 g/mol. The van der Waals surface area contributed by atoms with E-state index in [2.05, 4.69) is 16.6 Å². The second kappa shape index (κ2) is 5.92. The molecule has 1 heterocycles. The van der Waals surface area contributed by atoms with Gasteiger partial charge >= 0.3 is 0 Å². The van der Waals surface area contributed by atoms with Crippen LogP contribution in [0.4, 0.5) is 0 Å². The summed E-state index contributed by atoms with van der Waals surface area (Å²) in [6, 6.07) is 9.29. The van der Waals surface area contributed by atoms with Crippen LogP contribution >= 0.6 is 11.6 Å². The number of pyridine rings is 1. The summed E-state index contributed by atoms with van der Waals surface area (Å²) in [4.78, 5) is 12.1. The van der Waals surface area contributed by atoms with Crippen molar-refractivity contribution in [1.29, 1.82) is 0 Å². The minimum absolute atomic E-state index is 0.295. The molecule has 1 aromatic heterocycles. The van der Waals surface area contributed by atoms with Gasteiger partial charge in [-0.3, -0.25) is 0 Å². The number of aromatic amines is 1. The number of carbonyl (C=O) groups is 1. The number of fused-ring (bicyclic) bond motifs is 1. The van der Waals surface area contributed by atoms with E-state index in [1.165, 1.54) is 0 Å². The highest BCUT2D eigenvalue weighted by Gasteiger charge is 2.02. The first-order valence-electron chi connectivity index (χ1n) is 4.49. The lowest BCUT2D eigenvalue weighted by atomic mass is 10.2. The first-order valence-corrected chi connectivity index (χ1v) is 5.03. The number of hydrogen-bond acceptors (Lipinski definition) is 3. The smallest absolute Gasteiger partial charge is 0.252 e. The molecule has 84 valence electrons. The summed E-state index contributed by atoms with van der Waals surface area (Å²) in [6.45, 7) is 0. The normalized spacial score (nSPS) is 9.31.